The first-order chi connectivity index (χ1) is 10.8. The van der Waals surface area contributed by atoms with Crippen LogP contribution in [0.2, 0.25) is 0 Å². The molecule has 0 saturated carbocycles. The molecular weight excluding hydrogens is 312 g/mol. The molecule has 0 bridgehead atoms. The highest BCUT2D eigenvalue weighted by molar-refractivity contribution is 7.90. The van der Waals surface area contributed by atoms with Crippen LogP contribution in [-0.2, 0) is 9.84 Å². The standard InChI is InChI=1S/C17H20N2O3S/c1-13(14-9-11-16(12-10-14)23(3,21)22)19(2)17(20)18-15-7-5-4-6-8-15/h4-13H,1-3H3,(H,18,20). The van der Waals surface area contributed by atoms with Crippen LogP contribution in [0, 0.1) is 0 Å². The summed E-state index contributed by atoms with van der Waals surface area (Å²) >= 11 is 0. The molecule has 23 heavy (non-hydrogen) atoms. The molecule has 1 atom stereocenters. The van der Waals surface area contributed by atoms with Gasteiger partial charge < -0.3 is 10.2 Å². The Bertz CT molecular complexity index is 771. The Hall–Kier alpha value is -2.34. The number of para-hydroxylation sites is 1. The Balaban J connectivity index is 2.09. The molecular formula is C17H20N2O3S. The molecule has 2 aromatic rings. The van der Waals surface area contributed by atoms with Crippen molar-refractivity contribution in [1.29, 1.82) is 0 Å². The van der Waals surface area contributed by atoms with Crippen LogP contribution in [0.15, 0.2) is 59.5 Å². The Morgan fingerprint density at radius 3 is 2.13 bits per heavy atom. The fraction of sp³-hybridized carbons (Fsp3) is 0.235. The zero-order chi connectivity index (χ0) is 17.0. The third-order valence-corrected chi connectivity index (χ3v) is 4.85. The molecule has 2 rings (SSSR count). The minimum Gasteiger partial charge on any atom is -0.321 e. The lowest BCUT2D eigenvalue weighted by Crippen LogP contribution is -2.33. The van der Waals surface area contributed by atoms with E-state index >= 15 is 0 Å². The molecule has 5 nitrogen and oxygen atoms in total. The maximum atomic E-state index is 12.3. The summed E-state index contributed by atoms with van der Waals surface area (Å²) in [7, 11) is -1.51. The van der Waals surface area contributed by atoms with Crippen molar-refractivity contribution in [2.45, 2.75) is 17.9 Å². The van der Waals surface area contributed by atoms with Gasteiger partial charge in [-0.05, 0) is 36.8 Å². The summed E-state index contributed by atoms with van der Waals surface area (Å²) in [6.07, 6.45) is 1.17. The van der Waals surface area contributed by atoms with E-state index in [1.54, 1.807) is 36.2 Å². The maximum absolute atomic E-state index is 12.3. The van der Waals surface area contributed by atoms with Gasteiger partial charge >= 0.3 is 6.03 Å². The second kappa shape index (κ2) is 6.83. The molecule has 6 heteroatoms. The Kier molecular flexibility index (Phi) is 5.05. The number of hydrogen-bond acceptors (Lipinski definition) is 3. The highest BCUT2D eigenvalue weighted by atomic mass is 32.2. The van der Waals surface area contributed by atoms with Gasteiger partial charge in [-0.25, -0.2) is 13.2 Å². The lowest BCUT2D eigenvalue weighted by atomic mass is 10.1. The summed E-state index contributed by atoms with van der Waals surface area (Å²) in [5.74, 6) is 0. The molecule has 0 aliphatic heterocycles. The van der Waals surface area contributed by atoms with E-state index in [1.165, 1.54) is 6.26 Å². The normalized spacial score (nSPS) is 12.5. The van der Waals surface area contributed by atoms with Gasteiger partial charge in [0.1, 0.15) is 0 Å². The van der Waals surface area contributed by atoms with Crippen LogP contribution in [0.1, 0.15) is 18.5 Å². The maximum Gasteiger partial charge on any atom is 0.322 e. The number of benzene rings is 2. The summed E-state index contributed by atoms with van der Waals surface area (Å²) in [5, 5.41) is 2.82. The predicted octanol–water partition coefficient (Wildman–Crippen LogP) is 3.32. The SMILES string of the molecule is CC(c1ccc(S(C)(=O)=O)cc1)N(C)C(=O)Nc1ccccc1. The molecule has 0 fully saturated rings. The summed E-state index contributed by atoms with van der Waals surface area (Å²) in [5.41, 5.74) is 1.59. The van der Waals surface area contributed by atoms with E-state index in [0.717, 1.165) is 11.3 Å². The van der Waals surface area contributed by atoms with Gasteiger partial charge in [-0.1, -0.05) is 30.3 Å². The van der Waals surface area contributed by atoms with Gasteiger partial charge in [-0.15, -0.1) is 0 Å². The van der Waals surface area contributed by atoms with Crippen molar-refractivity contribution in [3.8, 4) is 0 Å². The van der Waals surface area contributed by atoms with Gasteiger partial charge in [0.05, 0.1) is 10.9 Å². The third-order valence-electron chi connectivity index (χ3n) is 3.72. The van der Waals surface area contributed by atoms with Crippen molar-refractivity contribution in [3.63, 3.8) is 0 Å². The van der Waals surface area contributed by atoms with E-state index in [-0.39, 0.29) is 17.0 Å². The van der Waals surface area contributed by atoms with Crippen molar-refractivity contribution in [3.05, 3.63) is 60.2 Å². The molecule has 1 N–H and O–H groups in total. The molecule has 0 aliphatic rings. The number of hydrogen-bond donors (Lipinski definition) is 1. The van der Waals surface area contributed by atoms with Crippen LogP contribution in [0.25, 0.3) is 0 Å². The highest BCUT2D eigenvalue weighted by Gasteiger charge is 2.18. The molecule has 2 aromatic carbocycles. The third kappa shape index (κ3) is 4.32. The second-order valence-electron chi connectivity index (χ2n) is 5.42. The number of rotatable bonds is 4. The summed E-state index contributed by atoms with van der Waals surface area (Å²) in [6, 6.07) is 15.4. The summed E-state index contributed by atoms with van der Waals surface area (Å²) in [4.78, 5) is 14.1. The van der Waals surface area contributed by atoms with Gasteiger partial charge in [0.2, 0.25) is 0 Å². The minimum atomic E-state index is -3.22. The van der Waals surface area contributed by atoms with Gasteiger partial charge in [0.15, 0.2) is 9.84 Å². The van der Waals surface area contributed by atoms with E-state index < -0.39 is 9.84 Å². The zero-order valence-corrected chi connectivity index (χ0v) is 14.2. The molecule has 0 radical (unpaired) electrons. The first-order valence-corrected chi connectivity index (χ1v) is 9.07. The van der Waals surface area contributed by atoms with Crippen molar-refractivity contribution in [1.82, 2.24) is 4.90 Å². The van der Waals surface area contributed by atoms with Gasteiger partial charge in [0, 0.05) is 19.0 Å². The average Bonchev–Trinajstić information content (AvgIpc) is 2.53. The van der Waals surface area contributed by atoms with Gasteiger partial charge in [-0.2, -0.15) is 0 Å². The highest BCUT2D eigenvalue weighted by Crippen LogP contribution is 2.21. The fourth-order valence-corrected chi connectivity index (χ4v) is 2.76. The smallest absolute Gasteiger partial charge is 0.321 e. The number of nitrogens with zero attached hydrogens (tertiary/aromatic N) is 1. The first kappa shape index (κ1) is 17.0. The minimum absolute atomic E-state index is 0.188. The number of urea groups is 1. The van der Waals surface area contributed by atoms with E-state index in [2.05, 4.69) is 5.32 Å². The van der Waals surface area contributed by atoms with Crippen molar-refractivity contribution in [2.24, 2.45) is 0 Å². The van der Waals surface area contributed by atoms with Crippen LogP contribution in [-0.4, -0.2) is 32.7 Å². The molecule has 1 unspecified atom stereocenters. The molecule has 122 valence electrons. The van der Waals surface area contributed by atoms with Crippen LogP contribution >= 0.6 is 0 Å². The molecule has 0 aromatic heterocycles. The monoisotopic (exact) mass is 332 g/mol. The molecule has 0 aliphatic carbocycles. The number of amides is 2. The molecule has 2 amide bonds. The van der Waals surface area contributed by atoms with Crippen molar-refractivity contribution < 1.29 is 13.2 Å². The Morgan fingerprint density at radius 1 is 1.04 bits per heavy atom. The number of nitrogens with one attached hydrogen (secondary N) is 1. The predicted molar refractivity (Wildman–Crippen MR) is 91.2 cm³/mol. The summed E-state index contributed by atoms with van der Waals surface area (Å²) < 4.78 is 23.0. The van der Waals surface area contributed by atoms with E-state index in [4.69, 9.17) is 0 Å². The number of carbonyl (C=O) groups excluding carboxylic acids is 1. The van der Waals surface area contributed by atoms with E-state index in [1.807, 2.05) is 37.3 Å². The number of carbonyl (C=O) groups is 1. The van der Waals surface area contributed by atoms with Crippen LogP contribution in [0.3, 0.4) is 0 Å². The first-order valence-electron chi connectivity index (χ1n) is 7.18. The number of anilines is 1. The van der Waals surface area contributed by atoms with Crippen LogP contribution in [0.5, 0.6) is 0 Å². The second-order valence-corrected chi connectivity index (χ2v) is 7.44. The summed E-state index contributed by atoms with van der Waals surface area (Å²) in [6.45, 7) is 1.89. The molecule has 0 heterocycles. The number of sulfone groups is 1. The van der Waals surface area contributed by atoms with Gasteiger partial charge in [-0.3, -0.25) is 0 Å². The van der Waals surface area contributed by atoms with Crippen LogP contribution < -0.4 is 5.32 Å². The van der Waals surface area contributed by atoms with Crippen molar-refractivity contribution >= 4 is 21.6 Å². The zero-order valence-electron chi connectivity index (χ0n) is 13.4. The van der Waals surface area contributed by atoms with E-state index in [9.17, 15) is 13.2 Å². The lowest BCUT2D eigenvalue weighted by molar-refractivity contribution is 0.208. The van der Waals surface area contributed by atoms with E-state index in [0.29, 0.717) is 0 Å². The molecule has 0 spiro atoms. The lowest BCUT2D eigenvalue weighted by Gasteiger charge is -2.25. The van der Waals surface area contributed by atoms with Gasteiger partial charge in [0.25, 0.3) is 0 Å². The Morgan fingerprint density at radius 2 is 1.61 bits per heavy atom. The fourth-order valence-electron chi connectivity index (χ4n) is 2.13. The quantitative estimate of drug-likeness (QED) is 0.934. The topological polar surface area (TPSA) is 66.5 Å². The average molecular weight is 332 g/mol. The Labute approximate surface area is 136 Å². The van der Waals surface area contributed by atoms with Crippen molar-refractivity contribution in [2.75, 3.05) is 18.6 Å². The largest absolute Gasteiger partial charge is 0.322 e. The molecule has 0 saturated heterocycles. The van der Waals surface area contributed by atoms with Crippen LogP contribution in [0.4, 0.5) is 10.5 Å².